The summed E-state index contributed by atoms with van der Waals surface area (Å²) < 4.78 is 4.93. The second-order valence-electron chi connectivity index (χ2n) is 3.99. The molecule has 0 saturated heterocycles. The van der Waals surface area contributed by atoms with E-state index < -0.39 is 12.0 Å². The molecule has 2 N–H and O–H groups in total. The number of benzene rings is 1. The highest BCUT2D eigenvalue weighted by atomic mass is 16.5. The number of aliphatic carboxylic acids is 1. The second-order valence-corrected chi connectivity index (χ2v) is 3.99. The van der Waals surface area contributed by atoms with Crippen molar-refractivity contribution in [1.82, 2.24) is 10.1 Å². The highest BCUT2D eigenvalue weighted by molar-refractivity contribution is 5.75. The van der Waals surface area contributed by atoms with E-state index in [4.69, 9.17) is 9.63 Å². The van der Waals surface area contributed by atoms with Crippen LogP contribution in [0.2, 0.25) is 0 Å². The highest BCUT2D eigenvalue weighted by Crippen LogP contribution is 2.18. The third-order valence-electron chi connectivity index (χ3n) is 2.45. The lowest BCUT2D eigenvalue weighted by molar-refractivity contribution is -0.137. The molecule has 2 rings (SSSR count). The molecule has 6 heteroatoms. The zero-order chi connectivity index (χ0) is 13.1. The molecule has 1 aromatic carbocycles. The number of aromatic nitrogens is 2. The van der Waals surface area contributed by atoms with Crippen LogP contribution in [0.25, 0.3) is 11.4 Å². The Morgan fingerprint density at radius 1 is 1.39 bits per heavy atom. The van der Waals surface area contributed by atoms with Crippen LogP contribution in [0.1, 0.15) is 12.5 Å². The van der Waals surface area contributed by atoms with Crippen molar-refractivity contribution in [2.75, 3.05) is 5.32 Å². The van der Waals surface area contributed by atoms with Crippen LogP contribution in [0, 0.1) is 6.92 Å². The molecule has 0 saturated carbocycles. The second kappa shape index (κ2) is 4.87. The molecule has 0 amide bonds. The number of nitrogens with zero attached hydrogens (tertiary/aromatic N) is 2. The zero-order valence-electron chi connectivity index (χ0n) is 10.0. The maximum absolute atomic E-state index is 10.7. The van der Waals surface area contributed by atoms with Crippen molar-refractivity contribution >= 4 is 12.0 Å². The van der Waals surface area contributed by atoms with Gasteiger partial charge in [-0.15, -0.1) is 0 Å². The van der Waals surface area contributed by atoms with E-state index in [1.165, 1.54) is 6.92 Å². The minimum Gasteiger partial charge on any atom is -0.480 e. The van der Waals surface area contributed by atoms with Crippen LogP contribution in [0.4, 0.5) is 6.01 Å². The van der Waals surface area contributed by atoms with Crippen molar-refractivity contribution in [2.24, 2.45) is 0 Å². The van der Waals surface area contributed by atoms with Gasteiger partial charge in [0.25, 0.3) is 0 Å². The molecule has 1 heterocycles. The predicted molar refractivity (Wildman–Crippen MR) is 65.2 cm³/mol. The number of nitrogens with one attached hydrogen (secondary N) is 1. The topological polar surface area (TPSA) is 88.2 Å². The first-order valence-electron chi connectivity index (χ1n) is 5.46. The van der Waals surface area contributed by atoms with Gasteiger partial charge in [0.15, 0.2) is 0 Å². The van der Waals surface area contributed by atoms with Gasteiger partial charge in [-0.05, 0) is 13.8 Å². The lowest BCUT2D eigenvalue weighted by Crippen LogP contribution is -2.25. The number of carboxylic acid groups (broad SMARTS) is 1. The van der Waals surface area contributed by atoms with Gasteiger partial charge in [-0.3, -0.25) is 4.79 Å². The summed E-state index contributed by atoms with van der Waals surface area (Å²) in [4.78, 5) is 14.7. The minimum absolute atomic E-state index is 0.0977. The van der Waals surface area contributed by atoms with Gasteiger partial charge >= 0.3 is 12.0 Å². The normalized spacial score (nSPS) is 12.1. The molecule has 2 aromatic rings. The molecule has 0 aliphatic carbocycles. The summed E-state index contributed by atoms with van der Waals surface area (Å²) in [7, 11) is 0. The van der Waals surface area contributed by atoms with E-state index in [-0.39, 0.29) is 6.01 Å². The molecule has 1 aromatic heterocycles. The van der Waals surface area contributed by atoms with Crippen LogP contribution >= 0.6 is 0 Å². The standard InChI is InChI=1S/C12H13N3O3/c1-7-3-5-9(6-4-7)10-14-12(18-15-10)13-8(2)11(16)17/h3-6,8H,1-2H3,(H,16,17)(H,13,14,15)/t8-/m0/s1. The highest BCUT2D eigenvalue weighted by Gasteiger charge is 2.15. The van der Waals surface area contributed by atoms with Gasteiger partial charge in [0.2, 0.25) is 5.82 Å². The molecule has 0 spiro atoms. The van der Waals surface area contributed by atoms with Crippen molar-refractivity contribution in [3.63, 3.8) is 0 Å². The van der Waals surface area contributed by atoms with Crippen molar-refractivity contribution in [3.8, 4) is 11.4 Å². The van der Waals surface area contributed by atoms with Crippen LogP contribution in [-0.4, -0.2) is 27.3 Å². The Kier molecular flexibility index (Phi) is 3.27. The summed E-state index contributed by atoms with van der Waals surface area (Å²) in [5.74, 6) is -0.555. The molecule has 0 aliphatic rings. The molecule has 94 valence electrons. The van der Waals surface area contributed by atoms with Crippen LogP contribution in [0.5, 0.6) is 0 Å². The summed E-state index contributed by atoms with van der Waals surface area (Å²) in [6.07, 6.45) is 0. The average molecular weight is 247 g/mol. The third kappa shape index (κ3) is 2.65. The number of anilines is 1. The summed E-state index contributed by atoms with van der Waals surface area (Å²) in [6, 6.07) is 6.96. The van der Waals surface area contributed by atoms with Gasteiger partial charge in [0.05, 0.1) is 0 Å². The number of carbonyl (C=O) groups is 1. The summed E-state index contributed by atoms with van der Waals surface area (Å²) in [6.45, 7) is 3.49. The molecule has 6 nitrogen and oxygen atoms in total. The molecule has 18 heavy (non-hydrogen) atoms. The maximum Gasteiger partial charge on any atom is 0.325 e. The lowest BCUT2D eigenvalue weighted by Gasteiger charge is -2.04. The fourth-order valence-corrected chi connectivity index (χ4v) is 1.35. The quantitative estimate of drug-likeness (QED) is 0.858. The Morgan fingerprint density at radius 3 is 2.67 bits per heavy atom. The van der Waals surface area contributed by atoms with Gasteiger partial charge in [-0.2, -0.15) is 4.98 Å². The Labute approximate surface area is 104 Å². The van der Waals surface area contributed by atoms with Crippen molar-refractivity contribution in [2.45, 2.75) is 19.9 Å². The maximum atomic E-state index is 10.7. The van der Waals surface area contributed by atoms with Gasteiger partial charge in [0.1, 0.15) is 6.04 Å². The first kappa shape index (κ1) is 12.1. The van der Waals surface area contributed by atoms with Crippen LogP contribution in [-0.2, 0) is 4.79 Å². The zero-order valence-corrected chi connectivity index (χ0v) is 10.0. The van der Waals surface area contributed by atoms with E-state index in [9.17, 15) is 4.79 Å². The SMILES string of the molecule is Cc1ccc(-c2noc(N[C@@H](C)C(=O)O)n2)cc1. The molecule has 0 fully saturated rings. The molecular formula is C12H13N3O3. The monoisotopic (exact) mass is 247 g/mol. The largest absolute Gasteiger partial charge is 0.480 e. The number of carboxylic acids is 1. The van der Waals surface area contributed by atoms with E-state index >= 15 is 0 Å². The van der Waals surface area contributed by atoms with E-state index in [1.807, 2.05) is 31.2 Å². The Morgan fingerprint density at radius 2 is 2.06 bits per heavy atom. The average Bonchev–Trinajstić information content (AvgIpc) is 2.78. The van der Waals surface area contributed by atoms with Gasteiger partial charge < -0.3 is 14.9 Å². The fourth-order valence-electron chi connectivity index (χ4n) is 1.35. The van der Waals surface area contributed by atoms with E-state index in [0.29, 0.717) is 5.82 Å². The van der Waals surface area contributed by atoms with Crippen molar-refractivity contribution in [1.29, 1.82) is 0 Å². The predicted octanol–water partition coefficient (Wildman–Crippen LogP) is 1.93. The minimum atomic E-state index is -0.981. The number of hydrogen-bond acceptors (Lipinski definition) is 5. The van der Waals surface area contributed by atoms with Crippen LogP contribution in [0.15, 0.2) is 28.8 Å². The molecule has 0 unspecified atom stereocenters. The number of hydrogen-bond donors (Lipinski definition) is 2. The Bertz CT molecular complexity index is 548. The molecule has 0 aliphatic heterocycles. The summed E-state index contributed by atoms with van der Waals surface area (Å²) in [5.41, 5.74) is 1.96. The summed E-state index contributed by atoms with van der Waals surface area (Å²) in [5, 5.41) is 15.1. The van der Waals surface area contributed by atoms with Crippen LogP contribution < -0.4 is 5.32 Å². The van der Waals surface area contributed by atoms with E-state index in [2.05, 4.69) is 15.5 Å². The number of aryl methyl sites for hydroxylation is 1. The van der Waals surface area contributed by atoms with Gasteiger partial charge in [-0.1, -0.05) is 35.0 Å². The lowest BCUT2D eigenvalue weighted by atomic mass is 10.1. The molecule has 1 atom stereocenters. The molecule has 0 bridgehead atoms. The number of rotatable bonds is 4. The molecular weight excluding hydrogens is 234 g/mol. The smallest absolute Gasteiger partial charge is 0.325 e. The first-order valence-corrected chi connectivity index (χ1v) is 5.46. The van der Waals surface area contributed by atoms with Crippen molar-refractivity contribution in [3.05, 3.63) is 29.8 Å². The summed E-state index contributed by atoms with van der Waals surface area (Å²) >= 11 is 0. The Hall–Kier alpha value is -2.37. The molecule has 0 radical (unpaired) electrons. The third-order valence-corrected chi connectivity index (χ3v) is 2.45. The first-order chi connectivity index (χ1) is 8.56. The van der Waals surface area contributed by atoms with E-state index in [1.54, 1.807) is 0 Å². The van der Waals surface area contributed by atoms with Gasteiger partial charge in [0, 0.05) is 5.56 Å². The fraction of sp³-hybridized carbons (Fsp3) is 0.250. The van der Waals surface area contributed by atoms with Crippen molar-refractivity contribution < 1.29 is 14.4 Å². The van der Waals surface area contributed by atoms with E-state index in [0.717, 1.165) is 11.1 Å². The Balaban J connectivity index is 2.15. The van der Waals surface area contributed by atoms with Crippen LogP contribution in [0.3, 0.4) is 0 Å². The van der Waals surface area contributed by atoms with Gasteiger partial charge in [-0.25, -0.2) is 0 Å².